The van der Waals surface area contributed by atoms with E-state index in [0.717, 1.165) is 18.9 Å². The summed E-state index contributed by atoms with van der Waals surface area (Å²) < 4.78 is 13.0. The molecule has 0 aliphatic heterocycles. The molecule has 118 valence electrons. The lowest BCUT2D eigenvalue weighted by Gasteiger charge is -2.28. The number of nitrogens with one attached hydrogen (secondary N) is 1. The van der Waals surface area contributed by atoms with Crippen molar-refractivity contribution in [3.05, 3.63) is 35.6 Å². The second-order valence-electron chi connectivity index (χ2n) is 6.45. The minimum absolute atomic E-state index is 0.164. The highest BCUT2D eigenvalue weighted by Crippen LogP contribution is 2.24. The van der Waals surface area contributed by atoms with E-state index in [2.05, 4.69) is 17.3 Å². The van der Waals surface area contributed by atoms with E-state index in [4.69, 9.17) is 0 Å². The summed E-state index contributed by atoms with van der Waals surface area (Å²) in [6.07, 6.45) is 8.11. The van der Waals surface area contributed by atoms with Crippen LogP contribution in [0.3, 0.4) is 0 Å². The molecule has 1 aromatic rings. The minimum Gasteiger partial charge on any atom is -0.313 e. The maximum atomic E-state index is 13.0. The quantitative estimate of drug-likeness (QED) is 0.817. The summed E-state index contributed by atoms with van der Waals surface area (Å²) in [4.78, 5) is 2.46. The molecular formula is C18H29FN2. The zero-order valence-corrected chi connectivity index (χ0v) is 13.4. The predicted octanol–water partition coefficient (Wildman–Crippen LogP) is 3.99. The molecule has 21 heavy (non-hydrogen) atoms. The molecule has 1 aromatic carbocycles. The highest BCUT2D eigenvalue weighted by Gasteiger charge is 2.16. The van der Waals surface area contributed by atoms with Gasteiger partial charge in [-0.25, -0.2) is 4.39 Å². The van der Waals surface area contributed by atoms with Crippen LogP contribution in [-0.4, -0.2) is 32.1 Å². The van der Waals surface area contributed by atoms with E-state index in [0.29, 0.717) is 6.04 Å². The van der Waals surface area contributed by atoms with Crippen molar-refractivity contribution in [1.82, 2.24) is 10.2 Å². The fourth-order valence-electron chi connectivity index (χ4n) is 3.42. The lowest BCUT2D eigenvalue weighted by Crippen LogP contribution is -2.30. The molecule has 0 amide bonds. The Hall–Kier alpha value is -0.930. The van der Waals surface area contributed by atoms with Gasteiger partial charge in [-0.15, -0.1) is 0 Å². The Morgan fingerprint density at radius 2 is 1.86 bits per heavy atom. The number of hydrogen-bond donors (Lipinski definition) is 1. The van der Waals surface area contributed by atoms with Gasteiger partial charge in [0, 0.05) is 12.6 Å². The zero-order valence-electron chi connectivity index (χ0n) is 13.4. The molecule has 0 radical (unpaired) electrons. The first-order valence-electron chi connectivity index (χ1n) is 8.30. The van der Waals surface area contributed by atoms with Crippen molar-refractivity contribution in [3.8, 4) is 0 Å². The molecule has 1 atom stereocenters. The van der Waals surface area contributed by atoms with Gasteiger partial charge in [0.15, 0.2) is 0 Å². The van der Waals surface area contributed by atoms with Gasteiger partial charge < -0.3 is 10.2 Å². The Morgan fingerprint density at radius 3 is 2.48 bits per heavy atom. The number of halogens is 1. The highest BCUT2D eigenvalue weighted by molar-refractivity contribution is 5.19. The monoisotopic (exact) mass is 292 g/mol. The normalized spacial score (nSPS) is 18.1. The van der Waals surface area contributed by atoms with Crippen LogP contribution in [-0.2, 0) is 0 Å². The van der Waals surface area contributed by atoms with Gasteiger partial charge in [-0.2, -0.15) is 0 Å². The summed E-state index contributed by atoms with van der Waals surface area (Å²) >= 11 is 0. The molecule has 0 bridgehead atoms. The zero-order chi connectivity index (χ0) is 15.1. The Bertz CT molecular complexity index is 398. The standard InChI is InChI=1S/C18H29FN2/c1-20-18(16-8-10-17(19)11-9-16)12-13-21(2)14-15-6-4-3-5-7-15/h8-11,15,18,20H,3-7,12-14H2,1-2H3. The summed E-state index contributed by atoms with van der Waals surface area (Å²) in [5.41, 5.74) is 1.17. The predicted molar refractivity (Wildman–Crippen MR) is 86.9 cm³/mol. The fourth-order valence-corrected chi connectivity index (χ4v) is 3.42. The third kappa shape index (κ3) is 5.40. The van der Waals surface area contributed by atoms with Crippen LogP contribution in [0.25, 0.3) is 0 Å². The molecule has 0 heterocycles. The number of benzene rings is 1. The van der Waals surface area contributed by atoms with E-state index in [1.165, 1.54) is 44.2 Å². The van der Waals surface area contributed by atoms with Gasteiger partial charge in [-0.3, -0.25) is 0 Å². The first-order valence-corrected chi connectivity index (χ1v) is 8.30. The van der Waals surface area contributed by atoms with Gasteiger partial charge in [0.05, 0.1) is 0 Å². The molecule has 0 spiro atoms. The van der Waals surface area contributed by atoms with Gasteiger partial charge in [-0.05, 0) is 63.5 Å². The summed E-state index contributed by atoms with van der Waals surface area (Å²) in [6.45, 7) is 2.30. The second-order valence-corrected chi connectivity index (χ2v) is 6.45. The minimum atomic E-state index is -0.164. The molecule has 1 aliphatic rings. The highest BCUT2D eigenvalue weighted by atomic mass is 19.1. The average Bonchev–Trinajstić information content (AvgIpc) is 2.50. The molecule has 0 saturated heterocycles. The van der Waals surface area contributed by atoms with Crippen LogP contribution in [0.4, 0.5) is 4.39 Å². The molecule has 1 saturated carbocycles. The lowest BCUT2D eigenvalue weighted by atomic mass is 9.89. The van der Waals surface area contributed by atoms with E-state index < -0.39 is 0 Å². The van der Waals surface area contributed by atoms with E-state index >= 15 is 0 Å². The molecule has 2 rings (SSSR count). The van der Waals surface area contributed by atoms with Crippen LogP contribution < -0.4 is 5.32 Å². The average molecular weight is 292 g/mol. The van der Waals surface area contributed by atoms with Crippen LogP contribution in [0.1, 0.15) is 50.1 Å². The van der Waals surface area contributed by atoms with E-state index in [1.54, 1.807) is 12.1 Å². The first kappa shape index (κ1) is 16.4. The lowest BCUT2D eigenvalue weighted by molar-refractivity contribution is 0.225. The third-order valence-corrected chi connectivity index (χ3v) is 4.71. The molecule has 1 unspecified atom stereocenters. The molecule has 1 fully saturated rings. The van der Waals surface area contributed by atoms with E-state index in [9.17, 15) is 4.39 Å². The molecule has 1 aliphatic carbocycles. The summed E-state index contributed by atoms with van der Waals surface area (Å²) in [7, 11) is 4.21. The molecule has 2 nitrogen and oxygen atoms in total. The van der Waals surface area contributed by atoms with Crippen molar-refractivity contribution in [2.75, 3.05) is 27.2 Å². The van der Waals surface area contributed by atoms with Gasteiger partial charge in [0.1, 0.15) is 5.82 Å². The Balaban J connectivity index is 1.77. The van der Waals surface area contributed by atoms with Gasteiger partial charge in [0.2, 0.25) is 0 Å². The Morgan fingerprint density at radius 1 is 1.19 bits per heavy atom. The molecular weight excluding hydrogens is 263 g/mol. The largest absolute Gasteiger partial charge is 0.313 e. The smallest absolute Gasteiger partial charge is 0.123 e. The number of hydrogen-bond acceptors (Lipinski definition) is 2. The maximum Gasteiger partial charge on any atom is 0.123 e. The topological polar surface area (TPSA) is 15.3 Å². The van der Waals surface area contributed by atoms with Crippen LogP contribution in [0.2, 0.25) is 0 Å². The SMILES string of the molecule is CNC(CCN(C)CC1CCCCC1)c1ccc(F)cc1. The summed E-state index contributed by atoms with van der Waals surface area (Å²) in [5.74, 6) is 0.727. The third-order valence-electron chi connectivity index (χ3n) is 4.71. The van der Waals surface area contributed by atoms with E-state index in [-0.39, 0.29) is 5.82 Å². The van der Waals surface area contributed by atoms with Crippen molar-refractivity contribution in [3.63, 3.8) is 0 Å². The van der Waals surface area contributed by atoms with Crippen LogP contribution in [0.15, 0.2) is 24.3 Å². The van der Waals surface area contributed by atoms with Crippen molar-refractivity contribution >= 4 is 0 Å². The van der Waals surface area contributed by atoms with Crippen LogP contribution in [0, 0.1) is 11.7 Å². The van der Waals surface area contributed by atoms with Crippen molar-refractivity contribution in [2.45, 2.75) is 44.6 Å². The summed E-state index contributed by atoms with van der Waals surface area (Å²) in [6, 6.07) is 7.17. The number of nitrogens with zero attached hydrogens (tertiary/aromatic N) is 1. The van der Waals surface area contributed by atoms with Crippen LogP contribution >= 0.6 is 0 Å². The first-order chi connectivity index (χ1) is 10.2. The van der Waals surface area contributed by atoms with Crippen molar-refractivity contribution in [2.24, 2.45) is 5.92 Å². The Kier molecular flexibility index (Phi) is 6.65. The van der Waals surface area contributed by atoms with Gasteiger partial charge >= 0.3 is 0 Å². The Labute approximate surface area is 128 Å². The molecule has 0 aromatic heterocycles. The second kappa shape index (κ2) is 8.50. The molecule has 3 heteroatoms. The maximum absolute atomic E-state index is 13.0. The molecule has 1 N–H and O–H groups in total. The van der Waals surface area contributed by atoms with Crippen molar-refractivity contribution in [1.29, 1.82) is 0 Å². The van der Waals surface area contributed by atoms with Crippen molar-refractivity contribution < 1.29 is 4.39 Å². The summed E-state index contributed by atoms with van der Waals surface area (Å²) in [5, 5.41) is 3.35. The van der Waals surface area contributed by atoms with Crippen LogP contribution in [0.5, 0.6) is 0 Å². The van der Waals surface area contributed by atoms with E-state index in [1.807, 2.05) is 19.2 Å². The fraction of sp³-hybridized carbons (Fsp3) is 0.667. The number of rotatable bonds is 7. The van der Waals surface area contributed by atoms with Gasteiger partial charge in [0.25, 0.3) is 0 Å². The van der Waals surface area contributed by atoms with Gasteiger partial charge in [-0.1, -0.05) is 31.4 Å².